The van der Waals surface area contributed by atoms with Crippen molar-refractivity contribution < 1.29 is 9.53 Å². The van der Waals surface area contributed by atoms with Gasteiger partial charge in [0, 0.05) is 54.9 Å². The molecule has 3 heterocycles. The standard InChI is InChI=1S/C19H26ClN3O2/c1-19(2)13-22(18(24)14-3-5-15(20)6-4-14)10-16-9-21(7-8-23(16)19)17-11-25-12-17/h3-6,16-17H,7-13H2,1-2H3/t16-/m0/s1. The number of ether oxygens (including phenoxy) is 1. The lowest BCUT2D eigenvalue weighted by atomic mass is 9.91. The van der Waals surface area contributed by atoms with Gasteiger partial charge >= 0.3 is 0 Å². The minimum atomic E-state index is -0.00674. The van der Waals surface area contributed by atoms with E-state index in [9.17, 15) is 4.79 Å². The minimum Gasteiger partial charge on any atom is -0.378 e. The second-order valence-corrected chi connectivity index (χ2v) is 8.47. The van der Waals surface area contributed by atoms with Crippen LogP contribution in [0, 0.1) is 0 Å². The molecule has 3 saturated heterocycles. The van der Waals surface area contributed by atoms with Gasteiger partial charge in [-0.25, -0.2) is 0 Å². The molecule has 0 aromatic heterocycles. The largest absolute Gasteiger partial charge is 0.378 e. The minimum absolute atomic E-state index is 0.00674. The van der Waals surface area contributed by atoms with E-state index >= 15 is 0 Å². The molecule has 1 aromatic carbocycles. The number of nitrogens with zero attached hydrogens (tertiary/aromatic N) is 3. The van der Waals surface area contributed by atoms with E-state index in [4.69, 9.17) is 16.3 Å². The highest BCUT2D eigenvalue weighted by Crippen LogP contribution is 2.30. The normalized spacial score (nSPS) is 27.6. The Morgan fingerprint density at radius 2 is 1.84 bits per heavy atom. The Kier molecular flexibility index (Phi) is 4.52. The number of hydrogen-bond acceptors (Lipinski definition) is 4. The molecule has 1 aromatic rings. The van der Waals surface area contributed by atoms with E-state index in [2.05, 4.69) is 23.6 Å². The second-order valence-electron chi connectivity index (χ2n) is 8.04. The van der Waals surface area contributed by atoms with E-state index in [1.54, 1.807) is 12.1 Å². The Balaban J connectivity index is 1.50. The zero-order chi connectivity index (χ0) is 17.6. The first-order valence-corrected chi connectivity index (χ1v) is 9.45. The van der Waals surface area contributed by atoms with Gasteiger partial charge in [0.05, 0.1) is 19.3 Å². The molecule has 0 aliphatic carbocycles. The summed E-state index contributed by atoms with van der Waals surface area (Å²) in [5.41, 5.74) is 0.710. The number of carbonyl (C=O) groups excluding carboxylic acids is 1. The maximum Gasteiger partial charge on any atom is 0.253 e. The third-order valence-electron chi connectivity index (χ3n) is 5.82. The van der Waals surface area contributed by atoms with Crippen molar-refractivity contribution in [3.63, 3.8) is 0 Å². The lowest BCUT2D eigenvalue weighted by molar-refractivity contribution is -0.113. The molecule has 0 unspecified atom stereocenters. The van der Waals surface area contributed by atoms with Crippen LogP contribution < -0.4 is 0 Å². The van der Waals surface area contributed by atoms with Gasteiger partial charge in [0.2, 0.25) is 0 Å². The summed E-state index contributed by atoms with van der Waals surface area (Å²) >= 11 is 5.96. The van der Waals surface area contributed by atoms with Gasteiger partial charge in [-0.3, -0.25) is 14.6 Å². The molecule has 3 fully saturated rings. The number of fused-ring (bicyclic) bond motifs is 1. The number of rotatable bonds is 2. The Hall–Kier alpha value is -1.14. The van der Waals surface area contributed by atoms with Gasteiger partial charge < -0.3 is 9.64 Å². The van der Waals surface area contributed by atoms with Gasteiger partial charge in [-0.15, -0.1) is 0 Å². The molecule has 0 spiro atoms. The van der Waals surface area contributed by atoms with Gasteiger partial charge in [-0.2, -0.15) is 0 Å². The van der Waals surface area contributed by atoms with Gasteiger partial charge in [0.1, 0.15) is 0 Å². The van der Waals surface area contributed by atoms with Gasteiger partial charge in [0.15, 0.2) is 0 Å². The van der Waals surface area contributed by atoms with Gasteiger partial charge in [0.25, 0.3) is 5.91 Å². The van der Waals surface area contributed by atoms with Crippen LogP contribution in [0.3, 0.4) is 0 Å². The smallest absolute Gasteiger partial charge is 0.253 e. The fourth-order valence-electron chi connectivity index (χ4n) is 4.40. The predicted octanol–water partition coefficient (Wildman–Crippen LogP) is 1.96. The average Bonchev–Trinajstić information content (AvgIpc) is 2.52. The monoisotopic (exact) mass is 363 g/mol. The topological polar surface area (TPSA) is 36.0 Å². The first kappa shape index (κ1) is 17.3. The van der Waals surface area contributed by atoms with Crippen molar-refractivity contribution in [2.24, 2.45) is 0 Å². The van der Waals surface area contributed by atoms with Crippen molar-refractivity contribution in [2.45, 2.75) is 31.5 Å². The lowest BCUT2D eigenvalue weighted by Gasteiger charge is -2.57. The fourth-order valence-corrected chi connectivity index (χ4v) is 4.53. The quantitative estimate of drug-likeness (QED) is 0.804. The number of benzene rings is 1. The van der Waals surface area contributed by atoms with Gasteiger partial charge in [-0.1, -0.05) is 11.6 Å². The molecule has 0 bridgehead atoms. The Morgan fingerprint density at radius 1 is 1.12 bits per heavy atom. The number of amides is 1. The van der Waals surface area contributed by atoms with Crippen molar-refractivity contribution >= 4 is 17.5 Å². The Morgan fingerprint density at radius 3 is 2.48 bits per heavy atom. The summed E-state index contributed by atoms with van der Waals surface area (Å²) in [6.07, 6.45) is 0. The van der Waals surface area contributed by atoms with Crippen LogP contribution in [0.4, 0.5) is 0 Å². The molecule has 1 atom stereocenters. The summed E-state index contributed by atoms with van der Waals surface area (Å²) in [6, 6.07) is 8.16. The first-order valence-electron chi connectivity index (χ1n) is 9.07. The van der Waals surface area contributed by atoms with Crippen LogP contribution in [0.2, 0.25) is 5.02 Å². The lowest BCUT2D eigenvalue weighted by Crippen LogP contribution is -2.71. The maximum atomic E-state index is 13.0. The van der Waals surface area contributed by atoms with Crippen LogP contribution in [0.25, 0.3) is 0 Å². The number of hydrogen-bond donors (Lipinski definition) is 0. The Labute approximate surface area is 154 Å². The molecule has 3 aliphatic heterocycles. The summed E-state index contributed by atoms with van der Waals surface area (Å²) in [6.45, 7) is 10.9. The van der Waals surface area contributed by atoms with Crippen molar-refractivity contribution in [1.29, 1.82) is 0 Å². The van der Waals surface area contributed by atoms with E-state index in [-0.39, 0.29) is 11.4 Å². The average molecular weight is 364 g/mol. The summed E-state index contributed by atoms with van der Waals surface area (Å²) in [4.78, 5) is 20.1. The summed E-state index contributed by atoms with van der Waals surface area (Å²) in [5.74, 6) is 0.105. The summed E-state index contributed by atoms with van der Waals surface area (Å²) < 4.78 is 5.36. The summed E-state index contributed by atoms with van der Waals surface area (Å²) in [7, 11) is 0. The van der Waals surface area contributed by atoms with E-state index < -0.39 is 0 Å². The van der Waals surface area contributed by atoms with Crippen LogP contribution in [0.1, 0.15) is 24.2 Å². The molecule has 136 valence electrons. The highest BCUT2D eigenvalue weighted by molar-refractivity contribution is 6.30. The van der Waals surface area contributed by atoms with Gasteiger partial charge in [-0.05, 0) is 38.1 Å². The zero-order valence-electron chi connectivity index (χ0n) is 14.9. The van der Waals surface area contributed by atoms with Crippen LogP contribution in [-0.4, -0.2) is 84.2 Å². The molecule has 0 radical (unpaired) electrons. The van der Waals surface area contributed by atoms with E-state index in [1.165, 1.54) is 0 Å². The Bertz CT molecular complexity index is 645. The molecule has 4 rings (SSSR count). The molecule has 1 amide bonds. The zero-order valence-corrected chi connectivity index (χ0v) is 15.7. The molecular formula is C19H26ClN3O2. The molecular weight excluding hydrogens is 338 g/mol. The molecule has 6 heteroatoms. The molecule has 25 heavy (non-hydrogen) atoms. The van der Waals surface area contributed by atoms with E-state index in [0.29, 0.717) is 22.7 Å². The van der Waals surface area contributed by atoms with E-state index in [0.717, 1.165) is 45.9 Å². The SMILES string of the molecule is CC1(C)CN(C(=O)c2ccc(Cl)cc2)C[C@@H]2CN(C3COC3)CCN21. The van der Waals surface area contributed by atoms with Crippen LogP contribution >= 0.6 is 11.6 Å². The van der Waals surface area contributed by atoms with Crippen LogP contribution in [-0.2, 0) is 4.74 Å². The van der Waals surface area contributed by atoms with Crippen molar-refractivity contribution in [1.82, 2.24) is 14.7 Å². The highest BCUT2D eigenvalue weighted by atomic mass is 35.5. The maximum absolute atomic E-state index is 13.0. The summed E-state index contributed by atoms with van der Waals surface area (Å²) in [5, 5.41) is 0.660. The van der Waals surface area contributed by atoms with Crippen molar-refractivity contribution in [3.05, 3.63) is 34.9 Å². The molecule has 0 N–H and O–H groups in total. The number of piperazine rings is 2. The third kappa shape index (κ3) is 3.31. The van der Waals surface area contributed by atoms with E-state index in [1.807, 2.05) is 17.0 Å². The molecule has 0 saturated carbocycles. The highest BCUT2D eigenvalue weighted by Gasteiger charge is 2.45. The van der Waals surface area contributed by atoms with Crippen molar-refractivity contribution in [3.8, 4) is 0 Å². The molecule has 3 aliphatic rings. The third-order valence-corrected chi connectivity index (χ3v) is 6.07. The second kappa shape index (κ2) is 6.54. The van der Waals surface area contributed by atoms with Crippen molar-refractivity contribution in [2.75, 3.05) is 45.9 Å². The number of carbonyl (C=O) groups is 1. The molecule has 5 nitrogen and oxygen atoms in total. The van der Waals surface area contributed by atoms with Crippen LogP contribution in [0.15, 0.2) is 24.3 Å². The fraction of sp³-hybridized carbons (Fsp3) is 0.632. The number of halogens is 1. The van der Waals surface area contributed by atoms with Crippen LogP contribution in [0.5, 0.6) is 0 Å². The first-order chi connectivity index (χ1) is 11.9. The predicted molar refractivity (Wildman–Crippen MR) is 98.1 cm³/mol.